The van der Waals surface area contributed by atoms with Crippen molar-refractivity contribution < 1.29 is 4.74 Å². The predicted molar refractivity (Wildman–Crippen MR) is 233 cm³/mol. The average molecular weight is 729 g/mol. The van der Waals surface area contributed by atoms with E-state index in [1.165, 1.54) is 27.8 Å². The molecule has 1 atom stereocenters. The Morgan fingerprint density at radius 2 is 1.11 bits per heavy atom. The first kappa shape index (κ1) is 33.9. The molecule has 0 N–H and O–H groups in total. The van der Waals surface area contributed by atoms with Gasteiger partial charge in [-0.1, -0.05) is 158 Å². The number of anilines is 3. The lowest BCUT2D eigenvalue weighted by Gasteiger charge is -2.39. The largest absolute Gasteiger partial charge is 0.457 e. The number of ether oxygens (including phenoxy) is 1. The van der Waals surface area contributed by atoms with E-state index in [9.17, 15) is 5.26 Å². The summed E-state index contributed by atoms with van der Waals surface area (Å²) in [7, 11) is 0. The van der Waals surface area contributed by atoms with Crippen LogP contribution in [0.15, 0.2) is 207 Å². The van der Waals surface area contributed by atoms with E-state index < -0.39 is 5.41 Å². The van der Waals surface area contributed by atoms with Gasteiger partial charge < -0.3 is 9.64 Å². The SMILES string of the molecule is C=C/C=C\c1ccc2c(c1)Oc1ccccc1C21c2ccccc2-c2c(N(c3ccc(-c4ccccc4)cc3)c3ccc(-c4ccc(C#N)cc4)cc3)cccc21. The second-order valence-corrected chi connectivity index (χ2v) is 14.4. The number of fused-ring (bicyclic) bond motifs is 9. The van der Waals surface area contributed by atoms with Gasteiger partial charge in [0.2, 0.25) is 0 Å². The number of hydrogen-bond donors (Lipinski definition) is 0. The van der Waals surface area contributed by atoms with E-state index in [1.54, 1.807) is 6.08 Å². The van der Waals surface area contributed by atoms with Gasteiger partial charge in [-0.05, 0) is 99.1 Å². The highest BCUT2D eigenvalue weighted by molar-refractivity contribution is 5.98. The quantitative estimate of drug-likeness (QED) is 0.153. The first-order chi connectivity index (χ1) is 28.2. The summed E-state index contributed by atoms with van der Waals surface area (Å²) in [4.78, 5) is 2.39. The maximum Gasteiger partial charge on any atom is 0.132 e. The third kappa shape index (κ3) is 5.50. The van der Waals surface area contributed by atoms with Crippen LogP contribution in [-0.4, -0.2) is 0 Å². The molecular weight excluding hydrogens is 693 g/mol. The molecule has 0 saturated heterocycles. The fourth-order valence-corrected chi connectivity index (χ4v) is 8.82. The minimum absolute atomic E-state index is 0.616. The van der Waals surface area contributed by atoms with Crippen molar-refractivity contribution in [2.45, 2.75) is 5.41 Å². The summed E-state index contributed by atoms with van der Waals surface area (Å²) in [6.07, 6.45) is 5.81. The molecule has 8 aromatic carbocycles. The molecule has 1 aliphatic carbocycles. The number of hydrogen-bond acceptors (Lipinski definition) is 3. The van der Waals surface area contributed by atoms with Crippen LogP contribution in [0.4, 0.5) is 17.1 Å². The van der Waals surface area contributed by atoms with Gasteiger partial charge in [0, 0.05) is 28.1 Å². The number of nitrogens with zero attached hydrogens (tertiary/aromatic N) is 2. The Bertz CT molecular complexity index is 2880. The van der Waals surface area contributed by atoms with Gasteiger partial charge in [0.1, 0.15) is 11.5 Å². The fraction of sp³-hybridized carbons (Fsp3) is 0.0185. The third-order valence-corrected chi connectivity index (χ3v) is 11.3. The summed E-state index contributed by atoms with van der Waals surface area (Å²) in [5, 5.41) is 9.37. The van der Waals surface area contributed by atoms with Crippen LogP contribution in [0.5, 0.6) is 11.5 Å². The van der Waals surface area contributed by atoms with E-state index in [-0.39, 0.29) is 0 Å². The highest BCUT2D eigenvalue weighted by Crippen LogP contribution is 2.64. The molecule has 3 nitrogen and oxygen atoms in total. The van der Waals surface area contributed by atoms with Gasteiger partial charge in [-0.25, -0.2) is 0 Å². The van der Waals surface area contributed by atoms with Crippen LogP contribution < -0.4 is 9.64 Å². The van der Waals surface area contributed by atoms with Gasteiger partial charge in [-0.2, -0.15) is 5.26 Å². The van der Waals surface area contributed by atoms with Crippen molar-refractivity contribution in [1.82, 2.24) is 0 Å². The van der Waals surface area contributed by atoms with Crippen molar-refractivity contribution in [2.24, 2.45) is 0 Å². The Hall–Kier alpha value is -7.67. The summed E-state index contributed by atoms with van der Waals surface area (Å²) in [5.41, 5.74) is 15.8. The molecule has 0 fully saturated rings. The van der Waals surface area contributed by atoms with Gasteiger partial charge in [0.15, 0.2) is 0 Å². The number of rotatable bonds is 7. The monoisotopic (exact) mass is 728 g/mol. The molecule has 0 saturated carbocycles. The van der Waals surface area contributed by atoms with Crippen molar-refractivity contribution in [3.63, 3.8) is 0 Å². The normalized spacial score (nSPS) is 14.5. The van der Waals surface area contributed by atoms with Crippen LogP contribution in [0.3, 0.4) is 0 Å². The van der Waals surface area contributed by atoms with Crippen LogP contribution >= 0.6 is 0 Å². The highest BCUT2D eigenvalue weighted by atomic mass is 16.5. The Labute approximate surface area is 333 Å². The lowest BCUT2D eigenvalue weighted by atomic mass is 9.66. The van der Waals surface area contributed by atoms with Crippen molar-refractivity contribution in [2.75, 3.05) is 4.90 Å². The Kier molecular flexibility index (Phi) is 8.24. The Balaban J connectivity index is 1.20. The molecule has 0 bridgehead atoms. The molecule has 0 radical (unpaired) electrons. The van der Waals surface area contributed by atoms with Crippen molar-refractivity contribution in [1.29, 1.82) is 5.26 Å². The molecule has 0 amide bonds. The van der Waals surface area contributed by atoms with E-state index in [0.29, 0.717) is 5.56 Å². The van der Waals surface area contributed by atoms with Crippen molar-refractivity contribution in [3.05, 3.63) is 240 Å². The zero-order valence-electron chi connectivity index (χ0n) is 31.1. The van der Waals surface area contributed by atoms with Crippen LogP contribution in [0.25, 0.3) is 39.5 Å². The number of allylic oxidation sites excluding steroid dienone is 2. The molecule has 1 spiro atoms. The van der Waals surface area contributed by atoms with Crippen LogP contribution in [0.2, 0.25) is 0 Å². The first-order valence-corrected chi connectivity index (χ1v) is 19.2. The van der Waals surface area contributed by atoms with Gasteiger partial charge in [0.05, 0.1) is 22.7 Å². The molecular formula is C54H36N2O. The molecule has 57 heavy (non-hydrogen) atoms. The lowest BCUT2D eigenvalue weighted by Crippen LogP contribution is -2.32. The summed E-state index contributed by atoms with van der Waals surface area (Å²) in [5.74, 6) is 1.70. The minimum atomic E-state index is -0.616. The Morgan fingerprint density at radius 3 is 1.79 bits per heavy atom. The fourth-order valence-electron chi connectivity index (χ4n) is 8.82. The van der Waals surface area contributed by atoms with E-state index in [4.69, 9.17) is 4.74 Å². The van der Waals surface area contributed by atoms with E-state index >= 15 is 0 Å². The molecule has 8 aromatic rings. The zero-order valence-corrected chi connectivity index (χ0v) is 31.1. The molecule has 1 unspecified atom stereocenters. The molecule has 2 aliphatic rings. The van der Waals surface area contributed by atoms with Crippen molar-refractivity contribution in [3.8, 4) is 50.9 Å². The second-order valence-electron chi connectivity index (χ2n) is 14.4. The third-order valence-electron chi connectivity index (χ3n) is 11.3. The predicted octanol–water partition coefficient (Wildman–Crippen LogP) is 14.0. The molecule has 10 rings (SSSR count). The molecule has 3 heteroatoms. The van der Waals surface area contributed by atoms with E-state index in [1.807, 2.05) is 30.3 Å². The van der Waals surface area contributed by atoms with Crippen molar-refractivity contribution >= 4 is 23.1 Å². The maximum atomic E-state index is 9.37. The van der Waals surface area contributed by atoms with Crippen LogP contribution in [0.1, 0.15) is 33.4 Å². The smallest absolute Gasteiger partial charge is 0.132 e. The average Bonchev–Trinajstić information content (AvgIpc) is 3.57. The van der Waals surface area contributed by atoms with E-state index in [2.05, 4.69) is 187 Å². The van der Waals surface area contributed by atoms with E-state index in [0.717, 1.165) is 61.9 Å². The summed E-state index contributed by atoms with van der Waals surface area (Å²) < 4.78 is 6.75. The summed E-state index contributed by atoms with van der Waals surface area (Å²) in [6.45, 7) is 3.88. The Morgan fingerprint density at radius 1 is 0.526 bits per heavy atom. The number of nitriles is 1. The van der Waals surface area contributed by atoms with Crippen LogP contribution in [-0.2, 0) is 5.41 Å². The zero-order chi connectivity index (χ0) is 38.3. The number of para-hydroxylation sites is 1. The molecule has 1 aliphatic heterocycles. The summed E-state index contributed by atoms with van der Waals surface area (Å²) >= 11 is 0. The minimum Gasteiger partial charge on any atom is -0.457 e. The standard InChI is InChI=1S/C54H36N2O/c1-2-3-12-37-23-34-48-52(35-37)57-51-20-10-9-17-47(51)54(48)46-16-8-7-15-45(46)53-49(54)18-11-19-50(53)56(43-30-26-41(27-31-43)39-13-5-4-6-14-39)44-32-28-42(29-33-44)40-24-21-38(36-55)22-25-40/h2-35H,1H2/b12-3-. The lowest BCUT2D eigenvalue weighted by molar-refractivity contribution is 0.436. The molecule has 268 valence electrons. The maximum absolute atomic E-state index is 9.37. The molecule has 0 aromatic heterocycles. The second kappa shape index (κ2) is 13.9. The summed E-state index contributed by atoms with van der Waals surface area (Å²) in [6, 6.07) is 68.8. The number of benzene rings is 8. The van der Waals surface area contributed by atoms with Gasteiger partial charge >= 0.3 is 0 Å². The van der Waals surface area contributed by atoms with Gasteiger partial charge in [-0.3, -0.25) is 0 Å². The van der Waals surface area contributed by atoms with Crippen LogP contribution in [0, 0.1) is 11.3 Å². The van der Waals surface area contributed by atoms with Gasteiger partial charge in [-0.15, -0.1) is 0 Å². The first-order valence-electron chi connectivity index (χ1n) is 19.2. The highest BCUT2D eigenvalue weighted by Gasteiger charge is 2.52. The topological polar surface area (TPSA) is 36.3 Å². The molecule has 1 heterocycles. The van der Waals surface area contributed by atoms with Gasteiger partial charge in [0.25, 0.3) is 0 Å².